The summed E-state index contributed by atoms with van der Waals surface area (Å²) in [6, 6.07) is 0. The lowest BCUT2D eigenvalue weighted by atomic mass is 10.4. The third kappa shape index (κ3) is 18.5. The Bertz CT molecular complexity index is 90.0. The van der Waals surface area contributed by atoms with Crippen molar-refractivity contribution >= 4 is 36.5 Å². The van der Waals surface area contributed by atoms with Gasteiger partial charge in [-0.1, -0.05) is 0 Å². The second-order valence-electron chi connectivity index (χ2n) is 1.23. The van der Waals surface area contributed by atoms with E-state index in [2.05, 4.69) is 0 Å². The van der Waals surface area contributed by atoms with Crippen LogP contribution in [0.25, 0.3) is 0 Å². The minimum atomic E-state index is -0.0625. The molecule has 0 saturated carbocycles. The molecule has 0 aliphatic heterocycles. The molecule has 0 unspecified atom stereocenters. The SMILES string of the molecule is Cl.Cl.N=C(N)CC(=N)N. The van der Waals surface area contributed by atoms with E-state index in [4.69, 9.17) is 22.3 Å². The van der Waals surface area contributed by atoms with Crippen LogP contribution < -0.4 is 11.5 Å². The maximum absolute atomic E-state index is 6.58. The van der Waals surface area contributed by atoms with E-state index in [-0.39, 0.29) is 42.9 Å². The first-order valence-corrected chi connectivity index (χ1v) is 1.78. The van der Waals surface area contributed by atoms with E-state index in [1.807, 2.05) is 0 Å². The topological polar surface area (TPSA) is 99.7 Å². The van der Waals surface area contributed by atoms with Crippen molar-refractivity contribution in [3.63, 3.8) is 0 Å². The summed E-state index contributed by atoms with van der Waals surface area (Å²) in [4.78, 5) is 0. The van der Waals surface area contributed by atoms with Gasteiger partial charge in [-0.25, -0.2) is 0 Å². The number of halogens is 2. The first-order valence-electron chi connectivity index (χ1n) is 1.78. The first kappa shape index (κ1) is 15.8. The zero-order chi connectivity index (χ0) is 5.86. The molecule has 0 heterocycles. The molecule has 9 heavy (non-hydrogen) atoms. The molecular weight excluding hydrogens is 163 g/mol. The fourth-order valence-electron chi connectivity index (χ4n) is 0.205. The fraction of sp³-hybridized carbons (Fsp3) is 0.333. The molecule has 4 nitrogen and oxygen atoms in total. The minimum Gasteiger partial charge on any atom is -0.387 e. The van der Waals surface area contributed by atoms with Crippen LogP contribution in [0.2, 0.25) is 0 Å². The number of hydrogen-bond acceptors (Lipinski definition) is 2. The lowest BCUT2D eigenvalue weighted by Gasteiger charge is -1.90. The smallest absolute Gasteiger partial charge is 0.0981 e. The molecule has 0 atom stereocenters. The molecule has 56 valence electrons. The maximum Gasteiger partial charge on any atom is 0.0981 e. The van der Waals surface area contributed by atoms with Gasteiger partial charge in [-0.15, -0.1) is 24.8 Å². The van der Waals surface area contributed by atoms with Crippen molar-refractivity contribution in [3.05, 3.63) is 0 Å². The zero-order valence-electron chi connectivity index (χ0n) is 4.68. The van der Waals surface area contributed by atoms with Crippen molar-refractivity contribution in [2.24, 2.45) is 11.5 Å². The van der Waals surface area contributed by atoms with Crippen LogP contribution in [0.4, 0.5) is 0 Å². The second-order valence-corrected chi connectivity index (χ2v) is 1.23. The number of nitrogens with one attached hydrogen (secondary N) is 2. The molecule has 0 rings (SSSR count). The normalized spacial score (nSPS) is 6.22. The van der Waals surface area contributed by atoms with Gasteiger partial charge in [0.2, 0.25) is 0 Å². The molecule has 0 aliphatic rings. The molecule has 0 aromatic carbocycles. The largest absolute Gasteiger partial charge is 0.387 e. The van der Waals surface area contributed by atoms with Crippen LogP contribution in [0, 0.1) is 10.8 Å². The molecule has 0 aliphatic carbocycles. The van der Waals surface area contributed by atoms with E-state index in [0.717, 1.165) is 0 Å². The highest BCUT2D eigenvalue weighted by atomic mass is 35.5. The van der Waals surface area contributed by atoms with E-state index >= 15 is 0 Å². The van der Waals surface area contributed by atoms with Crippen molar-refractivity contribution in [2.75, 3.05) is 0 Å². The molecule has 0 bridgehead atoms. The van der Waals surface area contributed by atoms with Crippen LogP contribution >= 0.6 is 24.8 Å². The van der Waals surface area contributed by atoms with E-state index in [1.165, 1.54) is 0 Å². The van der Waals surface area contributed by atoms with Gasteiger partial charge >= 0.3 is 0 Å². The summed E-state index contributed by atoms with van der Waals surface area (Å²) in [5.41, 5.74) is 9.71. The summed E-state index contributed by atoms with van der Waals surface area (Å²) >= 11 is 0. The first-order chi connectivity index (χ1) is 3.13. The molecule has 6 N–H and O–H groups in total. The summed E-state index contributed by atoms with van der Waals surface area (Å²) in [6.45, 7) is 0. The van der Waals surface area contributed by atoms with E-state index in [0.29, 0.717) is 0 Å². The van der Waals surface area contributed by atoms with Crippen molar-refractivity contribution in [1.82, 2.24) is 0 Å². The number of hydrogen-bond donors (Lipinski definition) is 4. The van der Waals surface area contributed by atoms with Gasteiger partial charge in [-0.3, -0.25) is 10.8 Å². The second kappa shape index (κ2) is 7.52. The average Bonchev–Trinajstić information content (AvgIpc) is 1.27. The molecule has 0 aromatic heterocycles. The average molecular weight is 173 g/mol. The van der Waals surface area contributed by atoms with Gasteiger partial charge in [0.1, 0.15) is 0 Å². The molecule has 0 spiro atoms. The third-order valence-corrected chi connectivity index (χ3v) is 0.381. The van der Waals surface area contributed by atoms with Crippen molar-refractivity contribution in [1.29, 1.82) is 10.8 Å². The summed E-state index contributed by atoms with van der Waals surface area (Å²) in [5.74, 6) is -0.125. The Morgan fingerprint density at radius 1 is 1.00 bits per heavy atom. The van der Waals surface area contributed by atoms with Gasteiger partial charge in [-0.05, 0) is 0 Å². The van der Waals surface area contributed by atoms with Crippen LogP contribution in [0.15, 0.2) is 0 Å². The Morgan fingerprint density at radius 3 is 1.22 bits per heavy atom. The Morgan fingerprint density at radius 2 is 1.22 bits per heavy atom. The lowest BCUT2D eigenvalue weighted by Crippen LogP contribution is -2.20. The predicted octanol–water partition coefficient (Wildman–Crippen LogP) is 0.0920. The van der Waals surface area contributed by atoms with Crippen LogP contribution in [0.5, 0.6) is 0 Å². The Labute approximate surface area is 65.8 Å². The molecule has 6 heteroatoms. The third-order valence-electron chi connectivity index (χ3n) is 0.381. The Balaban J connectivity index is -0.000000180. The van der Waals surface area contributed by atoms with Gasteiger partial charge < -0.3 is 11.5 Å². The van der Waals surface area contributed by atoms with Crippen molar-refractivity contribution < 1.29 is 0 Å². The molecule has 0 aromatic rings. The van der Waals surface area contributed by atoms with Crippen LogP contribution in [-0.4, -0.2) is 11.7 Å². The van der Waals surface area contributed by atoms with Crippen molar-refractivity contribution in [2.45, 2.75) is 6.42 Å². The maximum atomic E-state index is 6.58. The highest BCUT2D eigenvalue weighted by Gasteiger charge is 1.88. The van der Waals surface area contributed by atoms with Gasteiger partial charge in [0, 0.05) is 0 Å². The van der Waals surface area contributed by atoms with Gasteiger partial charge in [0.25, 0.3) is 0 Å². The summed E-state index contributed by atoms with van der Waals surface area (Å²) in [5, 5.41) is 13.2. The minimum absolute atomic E-state index is 0. The molecule has 0 radical (unpaired) electrons. The molecule has 0 amide bonds. The summed E-state index contributed by atoms with van der Waals surface area (Å²) in [6.07, 6.45) is 0.0833. The van der Waals surface area contributed by atoms with E-state index in [9.17, 15) is 0 Å². The lowest BCUT2D eigenvalue weighted by molar-refractivity contribution is 1.29. The fourth-order valence-corrected chi connectivity index (χ4v) is 0.205. The molecule has 0 saturated heterocycles. The van der Waals surface area contributed by atoms with Crippen LogP contribution in [0.1, 0.15) is 6.42 Å². The number of rotatable bonds is 2. The Kier molecular flexibility index (Phi) is 13.2. The monoisotopic (exact) mass is 172 g/mol. The highest BCUT2D eigenvalue weighted by Crippen LogP contribution is 1.70. The van der Waals surface area contributed by atoms with E-state index in [1.54, 1.807) is 0 Å². The van der Waals surface area contributed by atoms with Crippen LogP contribution in [-0.2, 0) is 0 Å². The number of amidine groups is 2. The predicted molar refractivity (Wildman–Crippen MR) is 42.9 cm³/mol. The zero-order valence-corrected chi connectivity index (χ0v) is 6.31. The highest BCUT2D eigenvalue weighted by molar-refractivity contribution is 5.97. The van der Waals surface area contributed by atoms with Crippen LogP contribution in [0.3, 0.4) is 0 Å². The van der Waals surface area contributed by atoms with Gasteiger partial charge in [0.05, 0.1) is 18.1 Å². The quantitative estimate of drug-likeness (QED) is 0.351. The van der Waals surface area contributed by atoms with Gasteiger partial charge in [-0.2, -0.15) is 0 Å². The number of nitrogens with two attached hydrogens (primary N) is 2. The summed E-state index contributed by atoms with van der Waals surface area (Å²) < 4.78 is 0. The van der Waals surface area contributed by atoms with Gasteiger partial charge in [0.15, 0.2) is 0 Å². The molecular formula is C3H10Cl2N4. The van der Waals surface area contributed by atoms with Crippen molar-refractivity contribution in [3.8, 4) is 0 Å². The standard InChI is InChI=1S/C3H8N4.2ClH/c4-2(5)1-3(6)7;;/h1H2,(H3,4,5)(H3,6,7);2*1H. The Hall–Kier alpha value is -0.480. The van der Waals surface area contributed by atoms with E-state index < -0.39 is 0 Å². The molecule has 0 fully saturated rings. The summed E-state index contributed by atoms with van der Waals surface area (Å²) in [7, 11) is 0.